The van der Waals surface area contributed by atoms with Crippen molar-refractivity contribution in [3.63, 3.8) is 0 Å². The maximum atomic E-state index is 6.17. The van der Waals surface area contributed by atoms with Gasteiger partial charge in [0.25, 0.3) is 0 Å². The van der Waals surface area contributed by atoms with Gasteiger partial charge in [-0.25, -0.2) is 0 Å². The van der Waals surface area contributed by atoms with Crippen LogP contribution in [0.15, 0.2) is 40.9 Å². The van der Waals surface area contributed by atoms with Crippen molar-refractivity contribution in [2.24, 2.45) is 0 Å². The summed E-state index contributed by atoms with van der Waals surface area (Å²) in [6, 6.07) is 12.3. The number of ether oxygens (including phenoxy) is 1. The van der Waals surface area contributed by atoms with Crippen LogP contribution in [0.4, 0.5) is 0 Å². The van der Waals surface area contributed by atoms with Crippen molar-refractivity contribution in [1.29, 1.82) is 0 Å². The molecule has 21 heavy (non-hydrogen) atoms. The van der Waals surface area contributed by atoms with Crippen LogP contribution in [0, 0.1) is 6.92 Å². The fourth-order valence-corrected chi connectivity index (χ4v) is 3.13. The van der Waals surface area contributed by atoms with E-state index in [1.807, 2.05) is 18.2 Å². The van der Waals surface area contributed by atoms with E-state index in [2.05, 4.69) is 53.3 Å². The first-order valence-electron chi connectivity index (χ1n) is 6.89. The van der Waals surface area contributed by atoms with E-state index in [0.717, 1.165) is 21.8 Å². The van der Waals surface area contributed by atoms with Gasteiger partial charge < -0.3 is 10.1 Å². The van der Waals surface area contributed by atoms with E-state index in [1.54, 1.807) is 7.11 Å². The van der Waals surface area contributed by atoms with Crippen molar-refractivity contribution >= 4 is 27.5 Å². The monoisotopic (exact) mass is 367 g/mol. The average Bonchev–Trinajstić information content (AvgIpc) is 2.47. The van der Waals surface area contributed by atoms with Crippen LogP contribution in [0.2, 0.25) is 5.02 Å². The Balaban J connectivity index is 2.48. The predicted octanol–water partition coefficient (Wildman–Crippen LogP) is 5.12. The summed E-state index contributed by atoms with van der Waals surface area (Å²) in [5.74, 6) is 0.830. The van der Waals surface area contributed by atoms with Crippen LogP contribution in [0.1, 0.15) is 29.7 Å². The number of hydrogen-bond acceptors (Lipinski definition) is 2. The molecular formula is C17H19BrClNO. The Morgan fingerprint density at radius 3 is 2.62 bits per heavy atom. The van der Waals surface area contributed by atoms with Crippen LogP contribution in [-0.4, -0.2) is 13.7 Å². The molecule has 2 aromatic carbocycles. The maximum absolute atomic E-state index is 6.17. The second-order valence-electron chi connectivity index (χ2n) is 4.89. The van der Waals surface area contributed by atoms with E-state index in [0.29, 0.717) is 0 Å². The van der Waals surface area contributed by atoms with Crippen molar-refractivity contribution in [3.05, 3.63) is 62.6 Å². The third kappa shape index (κ3) is 3.79. The van der Waals surface area contributed by atoms with Gasteiger partial charge in [-0.15, -0.1) is 0 Å². The highest BCUT2D eigenvalue weighted by molar-refractivity contribution is 9.10. The first-order chi connectivity index (χ1) is 10.1. The van der Waals surface area contributed by atoms with Crippen LogP contribution < -0.4 is 10.1 Å². The lowest BCUT2D eigenvalue weighted by Gasteiger charge is -2.22. The third-order valence-electron chi connectivity index (χ3n) is 3.47. The zero-order chi connectivity index (χ0) is 15.4. The highest BCUT2D eigenvalue weighted by Crippen LogP contribution is 2.32. The predicted molar refractivity (Wildman–Crippen MR) is 92.4 cm³/mol. The summed E-state index contributed by atoms with van der Waals surface area (Å²) in [6.45, 7) is 5.08. The Morgan fingerprint density at radius 2 is 2.00 bits per heavy atom. The second-order valence-corrected chi connectivity index (χ2v) is 6.18. The number of hydrogen-bond donors (Lipinski definition) is 1. The molecule has 0 heterocycles. The highest BCUT2D eigenvalue weighted by Gasteiger charge is 2.17. The smallest absolute Gasteiger partial charge is 0.133 e. The second kappa shape index (κ2) is 7.30. The maximum Gasteiger partial charge on any atom is 0.133 e. The van der Waals surface area contributed by atoms with Gasteiger partial charge in [0, 0.05) is 5.02 Å². The van der Waals surface area contributed by atoms with E-state index in [1.165, 1.54) is 16.7 Å². The average molecular weight is 369 g/mol. The van der Waals surface area contributed by atoms with Crippen molar-refractivity contribution in [2.75, 3.05) is 13.7 Å². The summed E-state index contributed by atoms with van der Waals surface area (Å²) < 4.78 is 6.25. The Morgan fingerprint density at radius 1 is 1.24 bits per heavy atom. The molecule has 0 aromatic heterocycles. The molecule has 2 aromatic rings. The van der Waals surface area contributed by atoms with Crippen molar-refractivity contribution < 1.29 is 4.74 Å². The summed E-state index contributed by atoms with van der Waals surface area (Å²) in [5.41, 5.74) is 3.59. The molecular weight excluding hydrogens is 350 g/mol. The molecule has 0 fully saturated rings. The van der Waals surface area contributed by atoms with Gasteiger partial charge in [-0.3, -0.25) is 0 Å². The number of halogens is 2. The molecule has 2 nitrogen and oxygen atoms in total. The molecule has 0 saturated carbocycles. The van der Waals surface area contributed by atoms with Crippen molar-refractivity contribution in [1.82, 2.24) is 5.32 Å². The molecule has 2 rings (SSSR count). The molecule has 1 N–H and O–H groups in total. The highest BCUT2D eigenvalue weighted by atomic mass is 79.9. The van der Waals surface area contributed by atoms with E-state index in [4.69, 9.17) is 16.3 Å². The zero-order valence-corrected chi connectivity index (χ0v) is 14.8. The molecule has 0 amide bonds. The lowest BCUT2D eigenvalue weighted by Crippen LogP contribution is -2.22. The van der Waals surface area contributed by atoms with Gasteiger partial charge in [0.05, 0.1) is 17.6 Å². The summed E-state index contributed by atoms with van der Waals surface area (Å²) in [5, 5.41) is 4.28. The molecule has 112 valence electrons. The van der Waals surface area contributed by atoms with E-state index < -0.39 is 0 Å². The van der Waals surface area contributed by atoms with Gasteiger partial charge in [-0.05, 0) is 70.4 Å². The summed E-state index contributed by atoms with van der Waals surface area (Å²) in [7, 11) is 1.67. The SMILES string of the molecule is CCNC(c1ccc(OC)c(Br)c1)c1cc(Cl)ccc1C. The first-order valence-corrected chi connectivity index (χ1v) is 8.06. The normalized spacial score (nSPS) is 12.2. The van der Waals surface area contributed by atoms with Crippen molar-refractivity contribution in [2.45, 2.75) is 19.9 Å². The van der Waals surface area contributed by atoms with Gasteiger partial charge in [0.15, 0.2) is 0 Å². The summed E-state index contributed by atoms with van der Waals surface area (Å²) in [6.07, 6.45) is 0. The van der Waals surface area contributed by atoms with E-state index in [-0.39, 0.29) is 6.04 Å². The third-order valence-corrected chi connectivity index (χ3v) is 4.32. The summed E-state index contributed by atoms with van der Waals surface area (Å²) >= 11 is 9.72. The van der Waals surface area contributed by atoms with Crippen LogP contribution in [0.5, 0.6) is 5.75 Å². The van der Waals surface area contributed by atoms with Gasteiger partial charge in [0.1, 0.15) is 5.75 Å². The van der Waals surface area contributed by atoms with E-state index >= 15 is 0 Å². The minimum absolute atomic E-state index is 0.107. The number of aryl methyl sites for hydroxylation is 1. The minimum atomic E-state index is 0.107. The summed E-state index contributed by atoms with van der Waals surface area (Å²) in [4.78, 5) is 0. The standard InChI is InChI=1S/C17H19BrClNO/c1-4-20-17(14-10-13(19)7-5-11(14)2)12-6-8-16(21-3)15(18)9-12/h5-10,17,20H,4H2,1-3H3. The fourth-order valence-electron chi connectivity index (χ4n) is 2.40. The van der Waals surface area contributed by atoms with Crippen molar-refractivity contribution in [3.8, 4) is 5.75 Å². The molecule has 0 aliphatic carbocycles. The molecule has 4 heteroatoms. The lowest BCUT2D eigenvalue weighted by molar-refractivity contribution is 0.412. The lowest BCUT2D eigenvalue weighted by atomic mass is 9.95. The quantitative estimate of drug-likeness (QED) is 0.791. The van der Waals surface area contributed by atoms with Crippen LogP contribution in [-0.2, 0) is 0 Å². The molecule has 0 aliphatic heterocycles. The minimum Gasteiger partial charge on any atom is -0.496 e. The molecule has 1 unspecified atom stereocenters. The Labute approximate surface area is 139 Å². The van der Waals surface area contributed by atoms with Gasteiger partial charge in [-0.1, -0.05) is 30.7 Å². The molecule has 0 spiro atoms. The van der Waals surface area contributed by atoms with Gasteiger partial charge >= 0.3 is 0 Å². The number of benzene rings is 2. The molecule has 0 radical (unpaired) electrons. The molecule has 0 saturated heterocycles. The Hall–Kier alpha value is -1.03. The van der Waals surface area contributed by atoms with Gasteiger partial charge in [-0.2, -0.15) is 0 Å². The first kappa shape index (κ1) is 16.3. The van der Waals surface area contributed by atoms with Crippen LogP contribution in [0.25, 0.3) is 0 Å². The van der Waals surface area contributed by atoms with Gasteiger partial charge in [0.2, 0.25) is 0 Å². The Kier molecular flexibility index (Phi) is 5.68. The largest absolute Gasteiger partial charge is 0.496 e. The van der Waals surface area contributed by atoms with E-state index in [9.17, 15) is 0 Å². The van der Waals surface area contributed by atoms with Crippen LogP contribution >= 0.6 is 27.5 Å². The topological polar surface area (TPSA) is 21.3 Å². The molecule has 0 bridgehead atoms. The number of nitrogens with one attached hydrogen (secondary N) is 1. The van der Waals surface area contributed by atoms with Crippen LogP contribution in [0.3, 0.4) is 0 Å². The molecule has 1 atom stereocenters. The molecule has 0 aliphatic rings. The Bertz CT molecular complexity index is 630. The zero-order valence-electron chi connectivity index (χ0n) is 12.4. The fraction of sp³-hybridized carbons (Fsp3) is 0.294. The number of rotatable bonds is 5. The number of methoxy groups -OCH3 is 1.